The average molecular weight is 532 g/mol. The number of carbonyl (C=O) groups is 2. The largest absolute Gasteiger partial charge is 0.479 e. The lowest BCUT2D eigenvalue weighted by Gasteiger charge is -2.29. The standard InChI is InChI=1S/C19H25N7O5S2.ClH/c20-16(19(21,17(28)29)33(30,31)12-5-2-1-3-6-12)13(27)11-15-26-25-14(32-15)7-4-8-22-18-23-9-10-24-18;/h1-3,5-6,9,16,18,22,24H,4,7-8,10-11,20-21H2,(H,28,29);1H/t16?,18?,19-;/m0./s1. The molecule has 12 nitrogen and oxygen atoms in total. The van der Waals surface area contributed by atoms with Crippen LogP contribution in [0.5, 0.6) is 0 Å². The number of sulfone groups is 1. The topological polar surface area (TPSA) is 203 Å². The highest BCUT2D eigenvalue weighted by Crippen LogP contribution is 2.26. The Labute approximate surface area is 206 Å². The molecular formula is C19H26ClN7O5S2. The molecule has 2 unspecified atom stereocenters. The second-order valence-corrected chi connectivity index (χ2v) is 10.6. The predicted octanol–water partition coefficient (Wildman–Crippen LogP) is -0.908. The van der Waals surface area contributed by atoms with Gasteiger partial charge in [0.15, 0.2) is 12.1 Å². The number of aliphatic imine (C=N–C) groups is 1. The highest BCUT2D eigenvalue weighted by molar-refractivity contribution is 7.93. The number of Topliss-reactive ketones (excluding diaryl/α,β-unsaturated/α-hetero) is 1. The lowest BCUT2D eigenvalue weighted by Crippen LogP contribution is -2.68. The van der Waals surface area contributed by atoms with Crippen molar-refractivity contribution in [2.45, 2.75) is 41.4 Å². The summed E-state index contributed by atoms with van der Waals surface area (Å²) in [4.78, 5) is 25.4. The molecule has 0 fully saturated rings. The Bertz CT molecular complexity index is 1130. The first-order valence-electron chi connectivity index (χ1n) is 10.1. The zero-order valence-electron chi connectivity index (χ0n) is 18.0. The van der Waals surface area contributed by atoms with Crippen LogP contribution in [-0.2, 0) is 32.3 Å². The van der Waals surface area contributed by atoms with E-state index in [1.54, 1.807) is 12.3 Å². The van der Waals surface area contributed by atoms with Gasteiger partial charge in [0.2, 0.25) is 14.7 Å². The molecule has 3 atom stereocenters. The molecule has 1 aromatic carbocycles. The molecule has 34 heavy (non-hydrogen) atoms. The zero-order valence-corrected chi connectivity index (χ0v) is 20.4. The van der Waals surface area contributed by atoms with Gasteiger partial charge >= 0.3 is 5.97 Å². The zero-order chi connectivity index (χ0) is 24.1. The summed E-state index contributed by atoms with van der Waals surface area (Å²) in [5, 5.41) is 24.9. The van der Waals surface area contributed by atoms with Gasteiger partial charge in [0.25, 0.3) is 0 Å². The Morgan fingerprint density at radius 2 is 1.94 bits per heavy atom. The normalized spacial score (nSPS) is 18.1. The third kappa shape index (κ3) is 6.02. The van der Waals surface area contributed by atoms with Crippen molar-refractivity contribution in [3.05, 3.63) is 40.3 Å². The number of aromatic nitrogens is 2. The van der Waals surface area contributed by atoms with Crippen molar-refractivity contribution in [1.29, 1.82) is 0 Å². The third-order valence-electron chi connectivity index (χ3n) is 5.04. The van der Waals surface area contributed by atoms with Crippen LogP contribution in [-0.4, -0.2) is 72.0 Å². The number of hydrogen-bond acceptors (Lipinski definition) is 12. The summed E-state index contributed by atoms with van der Waals surface area (Å²) in [6, 6.07) is 4.76. The van der Waals surface area contributed by atoms with Crippen LogP contribution >= 0.6 is 23.7 Å². The van der Waals surface area contributed by atoms with Crippen LogP contribution in [0.15, 0.2) is 40.2 Å². The van der Waals surface area contributed by atoms with E-state index < -0.39 is 32.5 Å². The van der Waals surface area contributed by atoms with Crippen LogP contribution in [0.25, 0.3) is 0 Å². The van der Waals surface area contributed by atoms with Gasteiger partial charge in [-0.25, -0.2) is 13.2 Å². The number of halogens is 1. The fraction of sp³-hybridized carbons (Fsp3) is 0.421. The quantitative estimate of drug-likeness (QED) is 0.212. The molecule has 0 radical (unpaired) electrons. The number of nitrogens with zero attached hydrogens (tertiary/aromatic N) is 3. The van der Waals surface area contributed by atoms with Crippen molar-refractivity contribution < 1.29 is 23.1 Å². The molecular weight excluding hydrogens is 506 g/mol. The number of carboxylic acid groups (broad SMARTS) is 1. The maximum atomic E-state index is 13.0. The van der Waals surface area contributed by atoms with Crippen molar-refractivity contribution in [2.75, 3.05) is 13.1 Å². The summed E-state index contributed by atoms with van der Waals surface area (Å²) in [5.74, 6) is -2.78. The van der Waals surface area contributed by atoms with E-state index in [0.29, 0.717) is 23.0 Å². The van der Waals surface area contributed by atoms with Gasteiger partial charge in [-0.15, -0.1) is 33.9 Å². The van der Waals surface area contributed by atoms with Crippen LogP contribution in [0, 0.1) is 0 Å². The van der Waals surface area contributed by atoms with Crippen LogP contribution in [0.2, 0.25) is 0 Å². The van der Waals surface area contributed by atoms with Gasteiger partial charge in [-0.2, -0.15) is 0 Å². The summed E-state index contributed by atoms with van der Waals surface area (Å²) in [6.07, 6.45) is 2.69. The number of benzene rings is 1. The molecule has 2 heterocycles. The highest BCUT2D eigenvalue weighted by atomic mass is 35.5. The van der Waals surface area contributed by atoms with Gasteiger partial charge < -0.3 is 16.6 Å². The second kappa shape index (κ2) is 11.9. The molecule has 0 aliphatic carbocycles. The van der Waals surface area contributed by atoms with Crippen LogP contribution in [0.3, 0.4) is 0 Å². The molecule has 0 amide bonds. The number of rotatable bonds is 12. The summed E-state index contributed by atoms with van der Waals surface area (Å²) in [5.41, 5.74) is 11.6. The molecule has 0 saturated carbocycles. The fourth-order valence-electron chi connectivity index (χ4n) is 3.15. The Morgan fingerprint density at radius 1 is 1.26 bits per heavy atom. The average Bonchev–Trinajstić information content (AvgIpc) is 3.48. The minimum absolute atomic E-state index is 0. The minimum atomic E-state index is -4.68. The van der Waals surface area contributed by atoms with E-state index in [2.05, 4.69) is 25.8 Å². The van der Waals surface area contributed by atoms with Crippen LogP contribution < -0.4 is 22.1 Å². The first-order valence-corrected chi connectivity index (χ1v) is 12.4. The van der Waals surface area contributed by atoms with E-state index >= 15 is 0 Å². The molecule has 2 aromatic rings. The SMILES string of the molecule is Cl.NC(C(=O)Cc1nnc(CCCNC2N=CCN2)s1)[C@@](N)(C(=O)O)S(=O)(=O)c1ccccc1. The van der Waals surface area contributed by atoms with Gasteiger partial charge in [0, 0.05) is 19.2 Å². The summed E-state index contributed by atoms with van der Waals surface area (Å²) < 4.78 is 25.9. The van der Waals surface area contributed by atoms with Crippen molar-refractivity contribution in [1.82, 2.24) is 20.8 Å². The maximum Gasteiger partial charge on any atom is 0.342 e. The van der Waals surface area contributed by atoms with E-state index in [9.17, 15) is 23.1 Å². The van der Waals surface area contributed by atoms with Crippen LogP contribution in [0.4, 0.5) is 0 Å². The van der Waals surface area contributed by atoms with E-state index in [1.807, 2.05) is 0 Å². The molecule has 0 saturated heterocycles. The van der Waals surface area contributed by atoms with Crippen molar-refractivity contribution in [3.8, 4) is 0 Å². The third-order valence-corrected chi connectivity index (χ3v) is 8.23. The molecule has 186 valence electrons. The molecule has 7 N–H and O–H groups in total. The van der Waals surface area contributed by atoms with Gasteiger partial charge in [0.05, 0.1) is 11.3 Å². The molecule has 1 aliphatic heterocycles. The van der Waals surface area contributed by atoms with Gasteiger partial charge in [-0.1, -0.05) is 18.2 Å². The monoisotopic (exact) mass is 531 g/mol. The number of carbonyl (C=O) groups excluding carboxylic acids is 1. The number of aryl methyl sites for hydroxylation is 1. The number of carboxylic acids is 1. The number of nitrogens with two attached hydrogens (primary N) is 2. The van der Waals surface area contributed by atoms with Gasteiger partial charge in [-0.05, 0) is 25.1 Å². The smallest absolute Gasteiger partial charge is 0.342 e. The Balaban J connectivity index is 0.00000408. The lowest BCUT2D eigenvalue weighted by molar-refractivity contribution is -0.142. The maximum absolute atomic E-state index is 13.0. The van der Waals surface area contributed by atoms with Gasteiger partial charge in [0.1, 0.15) is 16.1 Å². The first-order chi connectivity index (χ1) is 15.7. The fourth-order valence-corrected chi connectivity index (χ4v) is 5.64. The van der Waals surface area contributed by atoms with E-state index in [1.165, 1.54) is 35.6 Å². The molecule has 3 rings (SSSR count). The van der Waals surface area contributed by atoms with E-state index in [0.717, 1.165) is 13.0 Å². The summed E-state index contributed by atoms with van der Waals surface area (Å²) in [7, 11) is -4.68. The molecule has 1 aromatic heterocycles. The second-order valence-electron chi connectivity index (χ2n) is 7.33. The Hall–Kier alpha value is -2.33. The number of hydrogen-bond donors (Lipinski definition) is 5. The van der Waals surface area contributed by atoms with E-state index in [4.69, 9.17) is 11.5 Å². The van der Waals surface area contributed by atoms with Gasteiger partial charge in [-0.3, -0.25) is 20.4 Å². The van der Waals surface area contributed by atoms with Crippen molar-refractivity contribution in [3.63, 3.8) is 0 Å². The number of nitrogens with one attached hydrogen (secondary N) is 2. The first kappa shape index (κ1) is 27.9. The summed E-state index contributed by atoms with van der Waals surface area (Å²) in [6.45, 7) is 1.42. The molecule has 0 bridgehead atoms. The Kier molecular flexibility index (Phi) is 9.75. The number of ketones is 1. The minimum Gasteiger partial charge on any atom is -0.479 e. The molecule has 1 aliphatic rings. The number of aliphatic carboxylic acids is 1. The summed E-state index contributed by atoms with van der Waals surface area (Å²) >= 11 is 1.17. The van der Waals surface area contributed by atoms with Crippen LogP contribution in [0.1, 0.15) is 16.4 Å². The molecule has 15 heteroatoms. The lowest BCUT2D eigenvalue weighted by atomic mass is 10.0. The Morgan fingerprint density at radius 3 is 2.56 bits per heavy atom. The molecule has 0 spiro atoms. The highest BCUT2D eigenvalue weighted by Gasteiger charge is 2.55. The predicted molar refractivity (Wildman–Crippen MR) is 129 cm³/mol. The van der Waals surface area contributed by atoms with E-state index in [-0.39, 0.29) is 30.0 Å². The van der Waals surface area contributed by atoms with Crippen molar-refractivity contribution >= 4 is 51.5 Å². The van der Waals surface area contributed by atoms with Crippen molar-refractivity contribution in [2.24, 2.45) is 16.5 Å².